The average Bonchev–Trinajstić information content (AvgIpc) is 3.42. The van der Waals surface area contributed by atoms with Gasteiger partial charge in [0, 0.05) is 31.1 Å². The van der Waals surface area contributed by atoms with E-state index in [4.69, 9.17) is 16.7 Å². The van der Waals surface area contributed by atoms with Crippen LogP contribution in [0.1, 0.15) is 30.7 Å². The Morgan fingerprint density at radius 2 is 2.04 bits per heavy atom. The molecule has 1 N–H and O–H groups in total. The van der Waals surface area contributed by atoms with Crippen LogP contribution in [0.2, 0.25) is 5.02 Å². The third-order valence-electron chi connectivity index (χ3n) is 5.28. The predicted octanol–water partition coefficient (Wildman–Crippen LogP) is 2.23. The number of amides is 2. The number of hydrogen-bond donors (Lipinski definition) is 1. The molecule has 0 spiro atoms. The smallest absolute Gasteiger partial charge is 0.308 e. The molecule has 3 unspecified atom stereocenters. The van der Waals surface area contributed by atoms with Crippen LogP contribution in [0.4, 0.5) is 0 Å². The Balaban J connectivity index is 1.54. The lowest BCUT2D eigenvalue weighted by atomic mass is 9.98. The quantitative estimate of drug-likeness (QED) is 0.852. The van der Waals surface area contributed by atoms with E-state index in [9.17, 15) is 14.4 Å². The lowest BCUT2D eigenvalue weighted by molar-refractivity contribution is -0.147. The fourth-order valence-corrected chi connectivity index (χ4v) is 3.93. The molecule has 2 fully saturated rings. The van der Waals surface area contributed by atoms with Gasteiger partial charge in [0.25, 0.3) is 0 Å². The number of piperidine rings is 1. The molecule has 140 valence electrons. The molecule has 3 atom stereocenters. The molecule has 26 heavy (non-hydrogen) atoms. The number of carbonyl (C=O) groups excluding carboxylic acids is 2. The highest BCUT2D eigenvalue weighted by atomic mass is 35.5. The molecule has 1 aromatic carbocycles. The first-order valence-corrected chi connectivity index (χ1v) is 9.26. The number of carboxylic acid groups (broad SMARTS) is 1. The van der Waals surface area contributed by atoms with Gasteiger partial charge in [-0.2, -0.15) is 0 Å². The van der Waals surface area contributed by atoms with Crippen molar-refractivity contribution in [1.29, 1.82) is 0 Å². The molecule has 3 rings (SSSR count). The topological polar surface area (TPSA) is 77.9 Å². The second kappa shape index (κ2) is 7.66. The third-order valence-corrected chi connectivity index (χ3v) is 5.63. The van der Waals surface area contributed by atoms with Gasteiger partial charge in [-0.05, 0) is 36.8 Å². The number of benzene rings is 1. The van der Waals surface area contributed by atoms with E-state index in [2.05, 4.69) is 0 Å². The van der Waals surface area contributed by atoms with E-state index in [1.807, 2.05) is 24.3 Å². The van der Waals surface area contributed by atoms with E-state index in [1.165, 1.54) is 4.90 Å². The summed E-state index contributed by atoms with van der Waals surface area (Å²) in [6.45, 7) is 0.759. The summed E-state index contributed by atoms with van der Waals surface area (Å²) in [7, 11) is 1.63. The van der Waals surface area contributed by atoms with Crippen molar-refractivity contribution in [1.82, 2.24) is 9.80 Å². The molecular weight excluding hydrogens is 356 g/mol. The van der Waals surface area contributed by atoms with Gasteiger partial charge < -0.3 is 14.9 Å². The summed E-state index contributed by atoms with van der Waals surface area (Å²) in [5.41, 5.74) is 0.979. The molecule has 2 amide bonds. The Labute approximate surface area is 157 Å². The highest BCUT2D eigenvalue weighted by Crippen LogP contribution is 2.50. The van der Waals surface area contributed by atoms with Gasteiger partial charge in [0.1, 0.15) is 0 Å². The summed E-state index contributed by atoms with van der Waals surface area (Å²) in [4.78, 5) is 39.2. The maximum Gasteiger partial charge on any atom is 0.308 e. The van der Waals surface area contributed by atoms with Crippen molar-refractivity contribution < 1.29 is 19.5 Å². The Morgan fingerprint density at radius 1 is 1.31 bits per heavy atom. The van der Waals surface area contributed by atoms with Crippen LogP contribution < -0.4 is 0 Å². The summed E-state index contributed by atoms with van der Waals surface area (Å²) in [5.74, 6) is -1.66. The van der Waals surface area contributed by atoms with Gasteiger partial charge >= 0.3 is 5.97 Å². The summed E-state index contributed by atoms with van der Waals surface area (Å²) >= 11 is 6.20. The first-order chi connectivity index (χ1) is 12.4. The molecule has 6 nitrogen and oxygen atoms in total. The Bertz CT molecular complexity index is 723. The second-order valence-corrected chi connectivity index (χ2v) is 7.59. The van der Waals surface area contributed by atoms with E-state index in [1.54, 1.807) is 11.9 Å². The van der Waals surface area contributed by atoms with Gasteiger partial charge in [0.05, 0.1) is 12.5 Å². The fraction of sp³-hybridized carbons (Fsp3) is 0.526. The van der Waals surface area contributed by atoms with Crippen LogP contribution in [0.15, 0.2) is 24.3 Å². The molecule has 2 aliphatic rings. The van der Waals surface area contributed by atoms with Crippen LogP contribution in [0, 0.1) is 11.8 Å². The molecule has 0 bridgehead atoms. The van der Waals surface area contributed by atoms with Gasteiger partial charge in [0.2, 0.25) is 11.8 Å². The molecule has 1 saturated carbocycles. The Hall–Kier alpha value is -2.08. The molecule has 1 aliphatic carbocycles. The number of aliphatic carboxylic acids is 1. The van der Waals surface area contributed by atoms with Gasteiger partial charge in [-0.3, -0.25) is 14.4 Å². The minimum Gasteiger partial charge on any atom is -0.481 e. The molecule has 1 saturated heterocycles. The maximum atomic E-state index is 12.6. The van der Waals surface area contributed by atoms with Crippen molar-refractivity contribution >= 4 is 29.4 Å². The summed E-state index contributed by atoms with van der Waals surface area (Å²) in [6.07, 6.45) is 2.01. The Kier molecular flexibility index (Phi) is 5.51. The zero-order chi connectivity index (χ0) is 18.8. The zero-order valence-corrected chi connectivity index (χ0v) is 15.5. The van der Waals surface area contributed by atoms with Crippen molar-refractivity contribution in [3.63, 3.8) is 0 Å². The summed E-state index contributed by atoms with van der Waals surface area (Å²) < 4.78 is 0. The monoisotopic (exact) mass is 378 g/mol. The molecular formula is C19H23ClN2O4. The van der Waals surface area contributed by atoms with Crippen molar-refractivity contribution in [2.75, 3.05) is 26.7 Å². The fourth-order valence-electron chi connectivity index (χ4n) is 3.66. The molecule has 0 aromatic heterocycles. The highest BCUT2D eigenvalue weighted by Gasteiger charge is 2.46. The standard InChI is InChI=1S/C19H23ClN2O4/c1-21(11-17(23)22-8-4-5-12(10-22)19(25)26)18(24)15-9-14(15)13-6-2-3-7-16(13)20/h2-3,6-7,12,14-15H,4-5,8-11H2,1H3,(H,25,26). The van der Waals surface area contributed by atoms with E-state index in [0.717, 1.165) is 12.0 Å². The number of carboxylic acids is 1. The Morgan fingerprint density at radius 3 is 2.73 bits per heavy atom. The van der Waals surface area contributed by atoms with Crippen molar-refractivity contribution in [2.45, 2.75) is 25.2 Å². The van der Waals surface area contributed by atoms with Crippen LogP contribution in [0.5, 0.6) is 0 Å². The molecule has 1 heterocycles. The largest absolute Gasteiger partial charge is 0.481 e. The van der Waals surface area contributed by atoms with E-state index in [0.29, 0.717) is 24.4 Å². The average molecular weight is 379 g/mol. The number of likely N-dealkylation sites (N-methyl/N-ethyl adjacent to an activating group) is 1. The number of hydrogen-bond acceptors (Lipinski definition) is 3. The van der Waals surface area contributed by atoms with E-state index >= 15 is 0 Å². The number of halogens is 1. The minimum atomic E-state index is -0.868. The number of nitrogens with zero attached hydrogens (tertiary/aromatic N) is 2. The SMILES string of the molecule is CN(CC(=O)N1CCCC(C(=O)O)C1)C(=O)C1CC1c1ccccc1Cl. The van der Waals surface area contributed by atoms with Gasteiger partial charge in [-0.1, -0.05) is 29.8 Å². The highest BCUT2D eigenvalue weighted by molar-refractivity contribution is 6.31. The van der Waals surface area contributed by atoms with Crippen LogP contribution in [-0.4, -0.2) is 59.4 Å². The number of likely N-dealkylation sites (tertiary alicyclic amines) is 1. The molecule has 1 aliphatic heterocycles. The van der Waals surface area contributed by atoms with Crippen molar-refractivity contribution in [3.05, 3.63) is 34.9 Å². The summed E-state index contributed by atoms with van der Waals surface area (Å²) in [6, 6.07) is 7.52. The number of carbonyl (C=O) groups is 3. The van der Waals surface area contributed by atoms with E-state index in [-0.39, 0.29) is 36.7 Å². The molecule has 7 heteroatoms. The zero-order valence-electron chi connectivity index (χ0n) is 14.7. The normalized spacial score (nSPS) is 24.8. The lowest BCUT2D eigenvalue weighted by Gasteiger charge is -2.32. The first kappa shape index (κ1) is 18.7. The minimum absolute atomic E-state index is 0.0170. The van der Waals surface area contributed by atoms with Gasteiger partial charge in [-0.15, -0.1) is 0 Å². The van der Waals surface area contributed by atoms with Crippen LogP contribution in [0.25, 0.3) is 0 Å². The van der Waals surface area contributed by atoms with Crippen LogP contribution in [-0.2, 0) is 14.4 Å². The summed E-state index contributed by atoms with van der Waals surface area (Å²) in [5, 5.41) is 9.80. The van der Waals surface area contributed by atoms with Crippen LogP contribution >= 0.6 is 11.6 Å². The van der Waals surface area contributed by atoms with Crippen LogP contribution in [0.3, 0.4) is 0 Å². The van der Waals surface area contributed by atoms with E-state index < -0.39 is 11.9 Å². The third kappa shape index (κ3) is 4.01. The first-order valence-electron chi connectivity index (χ1n) is 8.88. The van der Waals surface area contributed by atoms with Crippen molar-refractivity contribution in [3.8, 4) is 0 Å². The van der Waals surface area contributed by atoms with Gasteiger partial charge in [0.15, 0.2) is 0 Å². The van der Waals surface area contributed by atoms with Crippen molar-refractivity contribution in [2.24, 2.45) is 11.8 Å². The molecule has 0 radical (unpaired) electrons. The second-order valence-electron chi connectivity index (χ2n) is 7.18. The lowest BCUT2D eigenvalue weighted by Crippen LogP contribution is -2.47. The number of rotatable bonds is 5. The molecule has 1 aromatic rings. The predicted molar refractivity (Wildman–Crippen MR) is 96.9 cm³/mol. The van der Waals surface area contributed by atoms with Gasteiger partial charge in [-0.25, -0.2) is 0 Å². The maximum absolute atomic E-state index is 12.6.